The van der Waals surface area contributed by atoms with Crippen molar-refractivity contribution in [1.82, 2.24) is 0 Å². The summed E-state index contributed by atoms with van der Waals surface area (Å²) in [5.41, 5.74) is 0. The lowest BCUT2D eigenvalue weighted by Gasteiger charge is -2.10. The highest BCUT2D eigenvalue weighted by Gasteiger charge is 2.00. The van der Waals surface area contributed by atoms with Crippen molar-refractivity contribution in [2.45, 2.75) is 104 Å². The minimum atomic E-state index is 0.963. The van der Waals surface area contributed by atoms with E-state index in [1.54, 1.807) is 0 Å². The smallest absolute Gasteiger partial charge is 0.0353 e. The summed E-state index contributed by atoms with van der Waals surface area (Å²) in [6.07, 6.45) is 21.9. The van der Waals surface area contributed by atoms with Gasteiger partial charge in [-0.3, -0.25) is 0 Å². The fourth-order valence-electron chi connectivity index (χ4n) is 2.72. The van der Waals surface area contributed by atoms with Crippen LogP contribution in [-0.4, -0.2) is 0 Å². The Labute approximate surface area is 123 Å². The molecule has 19 heavy (non-hydrogen) atoms. The Bertz CT molecular complexity index is 171. The Morgan fingerprint density at radius 3 is 1.74 bits per heavy atom. The zero-order valence-electron chi connectivity index (χ0n) is 13.8. The maximum atomic E-state index is 3.77. The van der Waals surface area contributed by atoms with Crippen molar-refractivity contribution in [3.63, 3.8) is 0 Å². The van der Waals surface area contributed by atoms with Crippen LogP contribution in [0.15, 0.2) is 12.7 Å². The third kappa shape index (κ3) is 15.7. The standard InChI is InChI=1S/C19H38/c1-4-6-8-9-10-11-12-13-14-15-16-18-19(3)17-7-5-2/h4,19H,1,5-18H2,2-3H3/t19-/m0/s1. The molecule has 0 heterocycles. The molecule has 0 saturated carbocycles. The number of hydrogen-bond donors (Lipinski definition) is 0. The lowest BCUT2D eigenvalue weighted by atomic mass is 9.97. The van der Waals surface area contributed by atoms with E-state index < -0.39 is 0 Å². The molecular formula is C19H38. The van der Waals surface area contributed by atoms with Crippen molar-refractivity contribution in [3.8, 4) is 0 Å². The van der Waals surface area contributed by atoms with Crippen molar-refractivity contribution in [3.05, 3.63) is 12.7 Å². The van der Waals surface area contributed by atoms with E-state index in [0.717, 1.165) is 5.92 Å². The second-order valence-corrected chi connectivity index (χ2v) is 6.30. The number of hydrogen-bond acceptors (Lipinski definition) is 0. The molecule has 0 bridgehead atoms. The molecule has 0 saturated heterocycles. The minimum absolute atomic E-state index is 0.963. The van der Waals surface area contributed by atoms with Crippen LogP contribution >= 0.6 is 0 Å². The van der Waals surface area contributed by atoms with Crippen molar-refractivity contribution < 1.29 is 0 Å². The summed E-state index contributed by atoms with van der Waals surface area (Å²) in [4.78, 5) is 0. The molecule has 0 spiro atoms. The molecule has 0 rings (SSSR count). The normalized spacial score (nSPS) is 12.5. The summed E-state index contributed by atoms with van der Waals surface area (Å²) < 4.78 is 0. The predicted octanol–water partition coefficient (Wildman–Crippen LogP) is 7.29. The van der Waals surface area contributed by atoms with Gasteiger partial charge in [-0.05, 0) is 18.8 Å². The fraction of sp³-hybridized carbons (Fsp3) is 0.895. The van der Waals surface area contributed by atoms with E-state index in [1.165, 1.54) is 89.9 Å². The average Bonchev–Trinajstić information content (AvgIpc) is 2.42. The highest BCUT2D eigenvalue weighted by atomic mass is 14.1. The molecule has 0 aromatic carbocycles. The van der Waals surface area contributed by atoms with Crippen LogP contribution in [0.2, 0.25) is 0 Å². The summed E-state index contributed by atoms with van der Waals surface area (Å²) in [6, 6.07) is 0. The van der Waals surface area contributed by atoms with E-state index >= 15 is 0 Å². The molecular weight excluding hydrogens is 228 g/mol. The van der Waals surface area contributed by atoms with E-state index in [1.807, 2.05) is 6.08 Å². The highest BCUT2D eigenvalue weighted by molar-refractivity contribution is 4.65. The van der Waals surface area contributed by atoms with Crippen LogP contribution in [0.5, 0.6) is 0 Å². The van der Waals surface area contributed by atoms with Gasteiger partial charge in [0.15, 0.2) is 0 Å². The molecule has 0 unspecified atom stereocenters. The van der Waals surface area contributed by atoms with Crippen LogP contribution in [0.1, 0.15) is 104 Å². The van der Waals surface area contributed by atoms with Gasteiger partial charge in [-0.25, -0.2) is 0 Å². The molecule has 0 fully saturated rings. The van der Waals surface area contributed by atoms with E-state index in [2.05, 4.69) is 20.4 Å². The minimum Gasteiger partial charge on any atom is -0.103 e. The molecule has 0 aliphatic heterocycles. The zero-order valence-corrected chi connectivity index (χ0v) is 13.8. The van der Waals surface area contributed by atoms with Crippen LogP contribution in [0.25, 0.3) is 0 Å². The monoisotopic (exact) mass is 266 g/mol. The third-order valence-corrected chi connectivity index (χ3v) is 4.16. The van der Waals surface area contributed by atoms with Gasteiger partial charge in [-0.2, -0.15) is 0 Å². The van der Waals surface area contributed by atoms with E-state index in [9.17, 15) is 0 Å². The summed E-state index contributed by atoms with van der Waals surface area (Å²) in [6.45, 7) is 8.49. The van der Waals surface area contributed by atoms with Crippen LogP contribution in [0.4, 0.5) is 0 Å². The number of unbranched alkanes of at least 4 members (excludes halogenated alkanes) is 10. The Morgan fingerprint density at radius 1 is 0.737 bits per heavy atom. The average molecular weight is 267 g/mol. The summed E-state index contributed by atoms with van der Waals surface area (Å²) in [5.74, 6) is 0.963. The molecule has 0 aromatic rings. The highest BCUT2D eigenvalue weighted by Crippen LogP contribution is 2.17. The summed E-state index contributed by atoms with van der Waals surface area (Å²) >= 11 is 0. The molecule has 0 nitrogen and oxygen atoms in total. The first-order valence-corrected chi connectivity index (χ1v) is 8.92. The molecule has 1 atom stereocenters. The molecule has 0 N–H and O–H groups in total. The van der Waals surface area contributed by atoms with Crippen molar-refractivity contribution in [2.24, 2.45) is 5.92 Å². The van der Waals surface area contributed by atoms with Gasteiger partial charge < -0.3 is 0 Å². The Balaban J connectivity index is 3.04. The quantitative estimate of drug-likeness (QED) is 0.216. The molecule has 0 heteroatoms. The summed E-state index contributed by atoms with van der Waals surface area (Å²) in [5, 5.41) is 0. The Kier molecular flexibility index (Phi) is 15.6. The SMILES string of the molecule is C=CCCCCCCCCCCC[C@@H](C)CCCC. The van der Waals surface area contributed by atoms with Gasteiger partial charge in [-0.15, -0.1) is 6.58 Å². The maximum Gasteiger partial charge on any atom is -0.0353 e. The Hall–Kier alpha value is -0.260. The van der Waals surface area contributed by atoms with E-state index in [4.69, 9.17) is 0 Å². The number of allylic oxidation sites excluding steroid dienone is 1. The first kappa shape index (κ1) is 18.7. The van der Waals surface area contributed by atoms with Crippen molar-refractivity contribution >= 4 is 0 Å². The first-order valence-electron chi connectivity index (χ1n) is 8.92. The third-order valence-electron chi connectivity index (χ3n) is 4.16. The Morgan fingerprint density at radius 2 is 1.21 bits per heavy atom. The summed E-state index contributed by atoms with van der Waals surface area (Å²) in [7, 11) is 0. The van der Waals surface area contributed by atoms with E-state index in [-0.39, 0.29) is 0 Å². The van der Waals surface area contributed by atoms with Gasteiger partial charge in [0.05, 0.1) is 0 Å². The second-order valence-electron chi connectivity index (χ2n) is 6.30. The van der Waals surface area contributed by atoms with Crippen molar-refractivity contribution in [2.75, 3.05) is 0 Å². The van der Waals surface area contributed by atoms with Crippen LogP contribution in [-0.2, 0) is 0 Å². The van der Waals surface area contributed by atoms with Gasteiger partial charge >= 0.3 is 0 Å². The number of rotatable bonds is 15. The molecule has 0 aliphatic rings. The van der Waals surface area contributed by atoms with Crippen LogP contribution in [0.3, 0.4) is 0 Å². The first-order chi connectivity index (χ1) is 9.31. The molecule has 0 aromatic heterocycles. The van der Waals surface area contributed by atoms with Gasteiger partial charge in [0.1, 0.15) is 0 Å². The molecule has 114 valence electrons. The lowest BCUT2D eigenvalue weighted by molar-refractivity contribution is 0.440. The van der Waals surface area contributed by atoms with Gasteiger partial charge in [-0.1, -0.05) is 97.0 Å². The largest absolute Gasteiger partial charge is 0.103 e. The van der Waals surface area contributed by atoms with Gasteiger partial charge in [0, 0.05) is 0 Å². The molecule has 0 amide bonds. The lowest BCUT2D eigenvalue weighted by Crippen LogP contribution is -1.94. The topological polar surface area (TPSA) is 0 Å². The van der Waals surface area contributed by atoms with Crippen molar-refractivity contribution in [1.29, 1.82) is 0 Å². The van der Waals surface area contributed by atoms with Gasteiger partial charge in [0.2, 0.25) is 0 Å². The van der Waals surface area contributed by atoms with Crippen LogP contribution < -0.4 is 0 Å². The van der Waals surface area contributed by atoms with E-state index in [0.29, 0.717) is 0 Å². The maximum absolute atomic E-state index is 3.77. The van der Waals surface area contributed by atoms with Gasteiger partial charge in [0.25, 0.3) is 0 Å². The zero-order chi connectivity index (χ0) is 14.2. The predicted molar refractivity (Wildman–Crippen MR) is 89.7 cm³/mol. The molecule has 0 radical (unpaired) electrons. The van der Waals surface area contributed by atoms with Crippen LogP contribution in [0, 0.1) is 5.92 Å². The fourth-order valence-corrected chi connectivity index (χ4v) is 2.72. The molecule has 0 aliphatic carbocycles. The second kappa shape index (κ2) is 15.8.